The Morgan fingerprint density at radius 3 is 2.22 bits per heavy atom. The van der Waals surface area contributed by atoms with Gasteiger partial charge in [0.05, 0.1) is 10.5 Å². The Hall–Kier alpha value is -2.41. The predicted molar refractivity (Wildman–Crippen MR) is 88.3 cm³/mol. The third-order valence-corrected chi connectivity index (χ3v) is 4.21. The average molecular weight is 337 g/mol. The number of rotatable bonds is 8. The number of carboxylic acids is 1. The molecule has 23 heavy (non-hydrogen) atoms. The lowest BCUT2D eigenvalue weighted by Gasteiger charge is -2.14. The molecule has 0 unspecified atom stereocenters. The molecule has 0 aliphatic carbocycles. The third-order valence-electron chi connectivity index (χ3n) is 3.12. The van der Waals surface area contributed by atoms with Gasteiger partial charge in [0.25, 0.3) is 0 Å². The van der Waals surface area contributed by atoms with Crippen LogP contribution in [-0.2, 0) is 14.6 Å². The summed E-state index contributed by atoms with van der Waals surface area (Å²) in [5.74, 6) is -2.04. The molecule has 0 saturated carbocycles. The van der Waals surface area contributed by atoms with Crippen molar-refractivity contribution >= 4 is 27.4 Å². The minimum Gasteiger partial charge on any atom is -0.478 e. The molecule has 2 N–H and O–H groups in total. The van der Waals surface area contributed by atoms with Crippen molar-refractivity contribution in [1.29, 1.82) is 0 Å². The van der Waals surface area contributed by atoms with Gasteiger partial charge in [-0.15, -0.1) is 13.2 Å². The van der Waals surface area contributed by atoms with Crippen molar-refractivity contribution in [2.75, 3.05) is 11.6 Å². The second-order valence-electron chi connectivity index (χ2n) is 5.06. The van der Waals surface area contributed by atoms with E-state index in [9.17, 15) is 18.0 Å². The van der Waals surface area contributed by atoms with Crippen molar-refractivity contribution in [3.8, 4) is 0 Å². The summed E-state index contributed by atoms with van der Waals surface area (Å²) >= 11 is 0. The fraction of sp³-hybridized carbons (Fsp3) is 0.250. The van der Waals surface area contributed by atoms with Crippen LogP contribution in [0.15, 0.2) is 48.4 Å². The normalized spacial score (nSPS) is 11.0. The molecule has 0 saturated heterocycles. The monoisotopic (exact) mass is 337 g/mol. The SMILES string of the molecule is C=CCC(CC=C)C(=O)Nc1cc(C(=O)O)cc(S(C)(=O)=O)c1. The molecule has 124 valence electrons. The van der Waals surface area contributed by atoms with Crippen LogP contribution in [0.25, 0.3) is 0 Å². The number of amides is 1. The molecule has 1 aromatic carbocycles. The van der Waals surface area contributed by atoms with Crippen LogP contribution < -0.4 is 5.32 Å². The van der Waals surface area contributed by atoms with Gasteiger partial charge in [-0.2, -0.15) is 0 Å². The highest BCUT2D eigenvalue weighted by Crippen LogP contribution is 2.21. The number of carboxylic acid groups (broad SMARTS) is 1. The van der Waals surface area contributed by atoms with Crippen LogP contribution in [0.1, 0.15) is 23.2 Å². The van der Waals surface area contributed by atoms with Gasteiger partial charge in [-0.1, -0.05) is 12.2 Å². The van der Waals surface area contributed by atoms with Crippen molar-refractivity contribution in [3.05, 3.63) is 49.1 Å². The zero-order valence-electron chi connectivity index (χ0n) is 12.8. The van der Waals surface area contributed by atoms with E-state index in [-0.39, 0.29) is 22.1 Å². The highest BCUT2D eigenvalue weighted by molar-refractivity contribution is 7.90. The summed E-state index contributed by atoms with van der Waals surface area (Å²) in [5, 5.41) is 11.6. The smallest absolute Gasteiger partial charge is 0.335 e. The molecule has 1 amide bonds. The Morgan fingerprint density at radius 2 is 1.78 bits per heavy atom. The molecule has 0 atom stereocenters. The van der Waals surface area contributed by atoms with Crippen LogP contribution >= 0.6 is 0 Å². The molecule has 1 aromatic rings. The van der Waals surface area contributed by atoms with Crippen molar-refractivity contribution in [1.82, 2.24) is 0 Å². The summed E-state index contributed by atoms with van der Waals surface area (Å²) < 4.78 is 23.3. The van der Waals surface area contributed by atoms with E-state index < -0.39 is 21.7 Å². The summed E-state index contributed by atoms with van der Waals surface area (Å²) in [6.45, 7) is 7.17. The number of nitrogens with one attached hydrogen (secondary N) is 1. The maximum Gasteiger partial charge on any atom is 0.335 e. The molecule has 6 nitrogen and oxygen atoms in total. The van der Waals surface area contributed by atoms with Crippen LogP contribution in [0.5, 0.6) is 0 Å². The van der Waals surface area contributed by atoms with E-state index in [1.165, 1.54) is 12.1 Å². The van der Waals surface area contributed by atoms with Crippen LogP contribution in [0, 0.1) is 5.92 Å². The van der Waals surface area contributed by atoms with Crippen LogP contribution in [0.4, 0.5) is 5.69 Å². The fourth-order valence-corrected chi connectivity index (χ4v) is 2.65. The maximum absolute atomic E-state index is 12.2. The number of hydrogen-bond donors (Lipinski definition) is 2. The van der Waals surface area contributed by atoms with Crippen LogP contribution in [0.3, 0.4) is 0 Å². The highest BCUT2D eigenvalue weighted by atomic mass is 32.2. The van der Waals surface area contributed by atoms with E-state index >= 15 is 0 Å². The molecule has 0 bridgehead atoms. The summed E-state index contributed by atoms with van der Waals surface area (Å²) in [4.78, 5) is 23.2. The van der Waals surface area contributed by atoms with E-state index in [0.717, 1.165) is 12.3 Å². The maximum atomic E-state index is 12.2. The Kier molecular flexibility index (Phi) is 6.27. The summed E-state index contributed by atoms with van der Waals surface area (Å²) in [6.07, 6.45) is 5.02. The minimum atomic E-state index is -3.60. The number of aromatic carboxylic acids is 1. The first-order chi connectivity index (χ1) is 10.7. The van der Waals surface area contributed by atoms with E-state index in [0.29, 0.717) is 12.8 Å². The van der Waals surface area contributed by atoms with Gasteiger partial charge in [-0.3, -0.25) is 4.79 Å². The van der Waals surface area contributed by atoms with Crippen molar-refractivity contribution < 1.29 is 23.1 Å². The first kappa shape index (κ1) is 18.6. The summed E-state index contributed by atoms with van der Waals surface area (Å²) in [6, 6.07) is 3.50. The number of hydrogen-bond acceptors (Lipinski definition) is 4. The van der Waals surface area contributed by atoms with E-state index in [1.807, 2.05) is 0 Å². The zero-order valence-corrected chi connectivity index (χ0v) is 13.6. The molecule has 7 heteroatoms. The lowest BCUT2D eigenvalue weighted by atomic mass is 10.0. The molecule has 0 fully saturated rings. The first-order valence-electron chi connectivity index (χ1n) is 6.80. The topological polar surface area (TPSA) is 101 Å². The van der Waals surface area contributed by atoms with Crippen LogP contribution in [-0.4, -0.2) is 31.7 Å². The zero-order chi connectivity index (χ0) is 17.6. The number of allylic oxidation sites excluding steroid dienone is 2. The second kappa shape index (κ2) is 7.73. The minimum absolute atomic E-state index is 0.119. The molecule has 0 radical (unpaired) electrons. The van der Waals surface area contributed by atoms with E-state index in [1.54, 1.807) is 12.2 Å². The van der Waals surface area contributed by atoms with Crippen molar-refractivity contribution in [2.24, 2.45) is 5.92 Å². The standard InChI is InChI=1S/C16H19NO5S/c1-4-6-11(7-5-2)15(18)17-13-8-12(16(19)20)9-14(10-13)23(3,21)22/h4-5,8-11H,1-2,6-7H2,3H3,(H,17,18)(H,19,20). The Bertz CT molecular complexity index is 727. The lowest BCUT2D eigenvalue weighted by Crippen LogP contribution is -2.22. The van der Waals surface area contributed by atoms with Crippen molar-refractivity contribution in [2.45, 2.75) is 17.7 Å². The summed E-state index contributed by atoms with van der Waals surface area (Å²) in [5.41, 5.74) is -0.0966. The van der Waals surface area contributed by atoms with Crippen molar-refractivity contribution in [3.63, 3.8) is 0 Å². The second-order valence-corrected chi connectivity index (χ2v) is 7.07. The number of carbonyl (C=O) groups is 2. The van der Waals surface area contributed by atoms with Gasteiger partial charge in [0.15, 0.2) is 9.84 Å². The number of carbonyl (C=O) groups excluding carboxylic acids is 1. The summed E-state index contributed by atoms with van der Waals surface area (Å²) in [7, 11) is -3.60. The van der Waals surface area contributed by atoms with Gasteiger partial charge in [0.2, 0.25) is 5.91 Å². The van der Waals surface area contributed by atoms with Gasteiger partial charge in [0.1, 0.15) is 0 Å². The van der Waals surface area contributed by atoms with Gasteiger partial charge in [-0.05, 0) is 31.0 Å². The number of anilines is 1. The fourth-order valence-electron chi connectivity index (χ4n) is 1.97. The molecular weight excluding hydrogens is 318 g/mol. The largest absolute Gasteiger partial charge is 0.478 e. The molecule has 0 aliphatic rings. The van der Waals surface area contributed by atoms with Crippen LogP contribution in [0.2, 0.25) is 0 Å². The van der Waals surface area contributed by atoms with Gasteiger partial charge < -0.3 is 10.4 Å². The molecular formula is C16H19NO5S. The Labute approximate surface area is 135 Å². The quantitative estimate of drug-likeness (QED) is 0.710. The van der Waals surface area contributed by atoms with E-state index in [4.69, 9.17) is 5.11 Å². The number of sulfone groups is 1. The highest BCUT2D eigenvalue weighted by Gasteiger charge is 2.18. The molecule has 1 rings (SSSR count). The van der Waals surface area contributed by atoms with Gasteiger partial charge >= 0.3 is 5.97 Å². The Balaban J connectivity index is 3.18. The first-order valence-corrected chi connectivity index (χ1v) is 8.69. The average Bonchev–Trinajstić information content (AvgIpc) is 2.45. The molecule has 0 aliphatic heterocycles. The Morgan fingerprint density at radius 1 is 1.22 bits per heavy atom. The van der Waals surface area contributed by atoms with Gasteiger partial charge in [-0.25, -0.2) is 13.2 Å². The predicted octanol–water partition coefficient (Wildman–Crippen LogP) is 2.50. The lowest BCUT2D eigenvalue weighted by molar-refractivity contribution is -0.119. The number of benzene rings is 1. The molecule has 0 heterocycles. The molecule has 0 spiro atoms. The van der Waals surface area contributed by atoms with Gasteiger partial charge in [0, 0.05) is 17.9 Å². The van der Waals surface area contributed by atoms with E-state index in [2.05, 4.69) is 18.5 Å². The third kappa shape index (κ3) is 5.37. The molecule has 0 aromatic heterocycles.